The van der Waals surface area contributed by atoms with Crippen molar-refractivity contribution in [3.8, 4) is 11.1 Å². The number of carboxylic acid groups (broad SMARTS) is 1. The highest BCUT2D eigenvalue weighted by molar-refractivity contribution is 6.02. The van der Waals surface area contributed by atoms with Crippen LogP contribution in [0.25, 0.3) is 11.1 Å². The number of rotatable bonds is 4. The summed E-state index contributed by atoms with van der Waals surface area (Å²) < 4.78 is 1.87. The zero-order chi connectivity index (χ0) is 19.7. The Bertz CT molecular complexity index is 861. The maximum Gasteiger partial charge on any atom is 0.411 e. The van der Waals surface area contributed by atoms with E-state index in [9.17, 15) is 14.7 Å². The largest absolute Gasteiger partial charge is 0.465 e. The molecule has 1 atom stereocenters. The molecule has 8 nitrogen and oxygen atoms in total. The van der Waals surface area contributed by atoms with E-state index in [-0.39, 0.29) is 18.5 Å². The lowest BCUT2D eigenvalue weighted by molar-refractivity contribution is -0.117. The van der Waals surface area contributed by atoms with Crippen molar-refractivity contribution in [2.45, 2.75) is 26.4 Å². The standard InChI is InChI=1S/C19H25N5O3/c1-13-11-23(19(26)27)18-9-15(5-6-17(18)24(13)14(2)25)16-10-20-22(12-16)8-7-21(3)4/h5-6,9-10,12-13H,7-8,11H2,1-4H3,(H,26,27)/t13-/m0/s1. The second-order valence-electron chi connectivity index (χ2n) is 7.13. The first-order valence-electron chi connectivity index (χ1n) is 8.89. The van der Waals surface area contributed by atoms with Crippen LogP contribution in [0.15, 0.2) is 30.6 Å². The van der Waals surface area contributed by atoms with Gasteiger partial charge in [0.05, 0.1) is 30.2 Å². The highest BCUT2D eigenvalue weighted by Gasteiger charge is 2.33. The lowest BCUT2D eigenvalue weighted by Crippen LogP contribution is -2.51. The van der Waals surface area contributed by atoms with Gasteiger partial charge >= 0.3 is 6.09 Å². The molecular weight excluding hydrogens is 346 g/mol. The van der Waals surface area contributed by atoms with E-state index in [2.05, 4.69) is 10.00 Å². The molecule has 1 aromatic carbocycles. The van der Waals surface area contributed by atoms with Gasteiger partial charge in [-0.25, -0.2) is 4.79 Å². The summed E-state index contributed by atoms with van der Waals surface area (Å²) in [6.07, 6.45) is 2.70. The fraction of sp³-hybridized carbons (Fsp3) is 0.421. The molecule has 3 rings (SSSR count). The average molecular weight is 371 g/mol. The minimum absolute atomic E-state index is 0.0990. The van der Waals surface area contributed by atoms with Crippen molar-refractivity contribution < 1.29 is 14.7 Å². The molecule has 2 aromatic rings. The Labute approximate surface area is 158 Å². The van der Waals surface area contributed by atoms with E-state index in [1.807, 2.05) is 50.1 Å². The zero-order valence-electron chi connectivity index (χ0n) is 16.1. The normalized spacial score (nSPS) is 16.6. The van der Waals surface area contributed by atoms with Gasteiger partial charge in [0.2, 0.25) is 5.91 Å². The lowest BCUT2D eigenvalue weighted by Gasteiger charge is -2.39. The van der Waals surface area contributed by atoms with Gasteiger partial charge in [-0.2, -0.15) is 5.10 Å². The Kier molecular flexibility index (Phi) is 5.18. The second-order valence-corrected chi connectivity index (χ2v) is 7.13. The Hall–Kier alpha value is -2.87. The Balaban J connectivity index is 1.98. The number of nitrogens with zero attached hydrogens (tertiary/aromatic N) is 5. The van der Waals surface area contributed by atoms with Crippen LogP contribution in [0.1, 0.15) is 13.8 Å². The smallest absolute Gasteiger partial charge is 0.411 e. The number of benzene rings is 1. The number of hydrogen-bond acceptors (Lipinski definition) is 4. The fourth-order valence-corrected chi connectivity index (χ4v) is 3.40. The van der Waals surface area contributed by atoms with Gasteiger partial charge in [-0.3, -0.25) is 14.4 Å². The van der Waals surface area contributed by atoms with Crippen LogP contribution in [0.5, 0.6) is 0 Å². The maximum atomic E-state index is 12.1. The first-order chi connectivity index (χ1) is 12.8. The fourth-order valence-electron chi connectivity index (χ4n) is 3.40. The van der Waals surface area contributed by atoms with Crippen molar-refractivity contribution in [2.24, 2.45) is 0 Å². The van der Waals surface area contributed by atoms with Crippen LogP contribution in [0.2, 0.25) is 0 Å². The molecule has 0 fully saturated rings. The predicted octanol–water partition coefficient (Wildman–Crippen LogP) is 2.35. The first kappa shape index (κ1) is 18.9. The summed E-state index contributed by atoms with van der Waals surface area (Å²) in [5.41, 5.74) is 2.92. The Morgan fingerprint density at radius 2 is 2.00 bits per heavy atom. The highest BCUT2D eigenvalue weighted by Crippen LogP contribution is 2.38. The van der Waals surface area contributed by atoms with E-state index >= 15 is 0 Å². The van der Waals surface area contributed by atoms with Gasteiger partial charge < -0.3 is 14.9 Å². The minimum atomic E-state index is -1.02. The summed E-state index contributed by atoms with van der Waals surface area (Å²) in [5, 5.41) is 14.0. The van der Waals surface area contributed by atoms with Gasteiger partial charge in [0.15, 0.2) is 0 Å². The summed E-state index contributed by atoms with van der Waals surface area (Å²) in [6.45, 7) is 5.24. The molecule has 0 spiro atoms. The van der Waals surface area contributed by atoms with Gasteiger partial charge in [-0.1, -0.05) is 6.07 Å². The van der Waals surface area contributed by atoms with Crippen molar-refractivity contribution in [2.75, 3.05) is 37.0 Å². The van der Waals surface area contributed by atoms with E-state index < -0.39 is 6.09 Å². The molecular formula is C19H25N5O3. The summed E-state index contributed by atoms with van der Waals surface area (Å²) in [4.78, 5) is 28.9. The lowest BCUT2D eigenvalue weighted by atomic mass is 10.0. The number of fused-ring (bicyclic) bond motifs is 1. The highest BCUT2D eigenvalue weighted by atomic mass is 16.4. The molecule has 2 amide bonds. The van der Waals surface area contributed by atoms with Crippen LogP contribution in [0.4, 0.5) is 16.2 Å². The summed E-state index contributed by atoms with van der Waals surface area (Å²) >= 11 is 0. The van der Waals surface area contributed by atoms with Crippen molar-refractivity contribution in [1.29, 1.82) is 0 Å². The van der Waals surface area contributed by atoms with Crippen molar-refractivity contribution >= 4 is 23.4 Å². The van der Waals surface area contributed by atoms with Gasteiger partial charge in [0.1, 0.15) is 0 Å². The molecule has 0 saturated heterocycles. The monoisotopic (exact) mass is 371 g/mol. The second kappa shape index (κ2) is 7.40. The third kappa shape index (κ3) is 3.80. The van der Waals surface area contributed by atoms with Crippen LogP contribution < -0.4 is 9.80 Å². The zero-order valence-corrected chi connectivity index (χ0v) is 16.1. The SMILES string of the molecule is CC(=O)N1c2ccc(-c3cnn(CCN(C)C)c3)cc2N(C(=O)O)C[C@@H]1C. The number of carbonyl (C=O) groups excluding carboxylic acids is 1. The molecule has 8 heteroatoms. The van der Waals surface area contributed by atoms with Gasteiger partial charge in [-0.05, 0) is 38.7 Å². The molecule has 0 radical (unpaired) electrons. The van der Waals surface area contributed by atoms with E-state index in [0.717, 1.165) is 24.2 Å². The number of hydrogen-bond donors (Lipinski definition) is 1. The van der Waals surface area contributed by atoms with E-state index in [4.69, 9.17) is 0 Å². The van der Waals surface area contributed by atoms with Crippen molar-refractivity contribution in [3.05, 3.63) is 30.6 Å². The Morgan fingerprint density at radius 3 is 2.63 bits per heavy atom. The van der Waals surface area contributed by atoms with E-state index in [1.165, 1.54) is 11.8 Å². The summed E-state index contributed by atoms with van der Waals surface area (Å²) in [7, 11) is 4.02. The number of amides is 2. The third-order valence-electron chi connectivity index (χ3n) is 4.73. The van der Waals surface area contributed by atoms with Crippen molar-refractivity contribution in [3.63, 3.8) is 0 Å². The summed E-state index contributed by atoms with van der Waals surface area (Å²) in [6, 6.07) is 5.32. The molecule has 1 aromatic heterocycles. The molecule has 1 N–H and O–H groups in total. The van der Waals surface area contributed by atoms with Crippen molar-refractivity contribution in [1.82, 2.24) is 14.7 Å². The van der Waals surface area contributed by atoms with Crippen LogP contribution in [-0.2, 0) is 11.3 Å². The van der Waals surface area contributed by atoms with E-state index in [0.29, 0.717) is 11.4 Å². The van der Waals surface area contributed by atoms with Gasteiger partial charge in [-0.15, -0.1) is 0 Å². The van der Waals surface area contributed by atoms with Crippen LogP contribution in [0.3, 0.4) is 0 Å². The molecule has 1 aliphatic heterocycles. The van der Waals surface area contributed by atoms with Gasteiger partial charge in [0.25, 0.3) is 0 Å². The molecule has 0 unspecified atom stereocenters. The molecule has 0 bridgehead atoms. The average Bonchev–Trinajstić information content (AvgIpc) is 3.07. The topological polar surface area (TPSA) is 81.9 Å². The molecule has 0 saturated carbocycles. The summed E-state index contributed by atoms with van der Waals surface area (Å²) in [5.74, 6) is -0.0990. The Morgan fingerprint density at radius 1 is 1.26 bits per heavy atom. The number of aromatic nitrogens is 2. The number of anilines is 2. The molecule has 27 heavy (non-hydrogen) atoms. The minimum Gasteiger partial charge on any atom is -0.465 e. The molecule has 0 aliphatic carbocycles. The molecule has 1 aliphatic rings. The van der Waals surface area contributed by atoms with E-state index in [1.54, 1.807) is 11.1 Å². The van der Waals surface area contributed by atoms with Crippen LogP contribution in [-0.4, -0.2) is 65.0 Å². The van der Waals surface area contributed by atoms with Crippen LogP contribution in [0, 0.1) is 0 Å². The van der Waals surface area contributed by atoms with Gasteiger partial charge in [0, 0.05) is 31.8 Å². The molecule has 2 heterocycles. The predicted molar refractivity (Wildman–Crippen MR) is 104 cm³/mol. The maximum absolute atomic E-state index is 12.1. The third-order valence-corrected chi connectivity index (χ3v) is 4.73. The number of carbonyl (C=O) groups is 2. The quantitative estimate of drug-likeness (QED) is 0.892. The molecule has 144 valence electrons. The first-order valence-corrected chi connectivity index (χ1v) is 8.89. The number of likely N-dealkylation sites (N-methyl/N-ethyl adjacent to an activating group) is 1. The van der Waals surface area contributed by atoms with Crippen LogP contribution >= 0.6 is 0 Å².